The van der Waals surface area contributed by atoms with Crippen molar-refractivity contribution in [2.75, 3.05) is 0 Å². The van der Waals surface area contributed by atoms with Crippen molar-refractivity contribution in [1.29, 1.82) is 0 Å². The largest absolute Gasteiger partial charge is 0.0988 e. The SMILES string of the molecule is C=C/C(=C\C=C(/C)CCC(C)C)C(C)C. The normalized spacial score (nSPS) is 13.8. The molecule has 0 N–H and O–H groups in total. The van der Waals surface area contributed by atoms with Gasteiger partial charge in [-0.25, -0.2) is 0 Å². The average molecular weight is 206 g/mol. The molecule has 0 aromatic carbocycles. The van der Waals surface area contributed by atoms with Gasteiger partial charge in [-0.05, 0) is 37.2 Å². The van der Waals surface area contributed by atoms with Crippen LogP contribution in [0.15, 0.2) is 36.0 Å². The fraction of sp³-hybridized carbons (Fsp3) is 0.600. The van der Waals surface area contributed by atoms with Crippen LogP contribution in [0.5, 0.6) is 0 Å². The molecular formula is C15H26. The Labute approximate surface area is 95.8 Å². The fourth-order valence-corrected chi connectivity index (χ4v) is 1.33. The monoisotopic (exact) mass is 206 g/mol. The average Bonchev–Trinajstić information content (AvgIpc) is 2.15. The first-order valence-corrected chi connectivity index (χ1v) is 5.97. The van der Waals surface area contributed by atoms with Crippen LogP contribution < -0.4 is 0 Å². The van der Waals surface area contributed by atoms with Crippen LogP contribution in [-0.2, 0) is 0 Å². The highest BCUT2D eigenvalue weighted by molar-refractivity contribution is 5.25. The summed E-state index contributed by atoms with van der Waals surface area (Å²) < 4.78 is 0. The van der Waals surface area contributed by atoms with Gasteiger partial charge in [0, 0.05) is 0 Å². The molecule has 0 aliphatic heterocycles. The summed E-state index contributed by atoms with van der Waals surface area (Å²) in [6.07, 6.45) is 8.88. The van der Waals surface area contributed by atoms with Gasteiger partial charge in [0.25, 0.3) is 0 Å². The summed E-state index contributed by atoms with van der Waals surface area (Å²) in [6.45, 7) is 15.0. The zero-order valence-electron chi connectivity index (χ0n) is 11.0. The smallest absolute Gasteiger partial charge is 0.0219 e. The predicted octanol–water partition coefficient (Wildman–Crippen LogP) is 5.14. The Morgan fingerprint density at radius 1 is 1.13 bits per heavy atom. The second-order valence-electron chi connectivity index (χ2n) is 4.97. The van der Waals surface area contributed by atoms with E-state index in [0.29, 0.717) is 5.92 Å². The second-order valence-corrected chi connectivity index (χ2v) is 4.97. The first-order valence-electron chi connectivity index (χ1n) is 5.97. The molecule has 0 aliphatic rings. The minimum absolute atomic E-state index is 0.566. The highest BCUT2D eigenvalue weighted by atomic mass is 14.0. The molecule has 0 spiro atoms. The van der Waals surface area contributed by atoms with Crippen LogP contribution in [0.25, 0.3) is 0 Å². The van der Waals surface area contributed by atoms with E-state index < -0.39 is 0 Å². The van der Waals surface area contributed by atoms with Gasteiger partial charge in [-0.15, -0.1) is 0 Å². The molecule has 0 saturated carbocycles. The molecule has 0 aliphatic carbocycles. The van der Waals surface area contributed by atoms with Gasteiger partial charge >= 0.3 is 0 Å². The first-order chi connectivity index (χ1) is 6.97. The van der Waals surface area contributed by atoms with Crippen molar-refractivity contribution in [2.24, 2.45) is 11.8 Å². The van der Waals surface area contributed by atoms with Crippen LogP contribution in [0, 0.1) is 11.8 Å². The third-order valence-corrected chi connectivity index (χ3v) is 2.58. The van der Waals surface area contributed by atoms with Crippen LogP contribution in [0.3, 0.4) is 0 Å². The molecular weight excluding hydrogens is 180 g/mol. The Kier molecular flexibility index (Phi) is 7.11. The molecule has 0 rings (SSSR count). The Bertz CT molecular complexity index is 239. The molecule has 0 heteroatoms. The Morgan fingerprint density at radius 3 is 2.13 bits per heavy atom. The lowest BCUT2D eigenvalue weighted by molar-refractivity contribution is 0.584. The molecule has 0 fully saturated rings. The minimum atomic E-state index is 0.566. The molecule has 0 aromatic heterocycles. The Balaban J connectivity index is 4.28. The van der Waals surface area contributed by atoms with E-state index in [0.717, 1.165) is 5.92 Å². The van der Waals surface area contributed by atoms with Crippen LogP contribution in [0.2, 0.25) is 0 Å². The molecule has 15 heavy (non-hydrogen) atoms. The molecule has 0 radical (unpaired) electrons. The van der Waals surface area contributed by atoms with Gasteiger partial charge in [0.1, 0.15) is 0 Å². The van der Waals surface area contributed by atoms with E-state index in [4.69, 9.17) is 0 Å². The van der Waals surface area contributed by atoms with Crippen LogP contribution in [-0.4, -0.2) is 0 Å². The summed E-state index contributed by atoms with van der Waals surface area (Å²) >= 11 is 0. The van der Waals surface area contributed by atoms with Crippen LogP contribution in [0.4, 0.5) is 0 Å². The summed E-state index contributed by atoms with van der Waals surface area (Å²) in [7, 11) is 0. The van der Waals surface area contributed by atoms with Gasteiger partial charge in [0.05, 0.1) is 0 Å². The lowest BCUT2D eigenvalue weighted by Crippen LogP contribution is -1.90. The highest BCUT2D eigenvalue weighted by Gasteiger charge is 1.97. The van der Waals surface area contributed by atoms with Gasteiger partial charge in [-0.2, -0.15) is 0 Å². The van der Waals surface area contributed by atoms with E-state index in [1.54, 1.807) is 0 Å². The topological polar surface area (TPSA) is 0 Å². The summed E-state index contributed by atoms with van der Waals surface area (Å²) in [5, 5.41) is 0. The van der Waals surface area contributed by atoms with E-state index >= 15 is 0 Å². The highest BCUT2D eigenvalue weighted by Crippen LogP contribution is 2.14. The number of allylic oxidation sites excluding steroid dienone is 5. The van der Waals surface area contributed by atoms with Crippen molar-refractivity contribution in [3.8, 4) is 0 Å². The van der Waals surface area contributed by atoms with Crippen molar-refractivity contribution in [3.63, 3.8) is 0 Å². The maximum atomic E-state index is 3.84. The summed E-state index contributed by atoms with van der Waals surface area (Å²) in [6, 6.07) is 0. The van der Waals surface area contributed by atoms with E-state index in [-0.39, 0.29) is 0 Å². The third kappa shape index (κ3) is 7.18. The number of rotatable bonds is 6. The number of hydrogen-bond donors (Lipinski definition) is 0. The molecule has 0 atom stereocenters. The van der Waals surface area contributed by atoms with Gasteiger partial charge in [-0.3, -0.25) is 0 Å². The first kappa shape index (κ1) is 14.2. The molecule has 0 saturated heterocycles. The molecule has 0 bridgehead atoms. The van der Waals surface area contributed by atoms with E-state index in [9.17, 15) is 0 Å². The molecule has 0 nitrogen and oxygen atoms in total. The molecule has 0 amide bonds. The van der Waals surface area contributed by atoms with Crippen LogP contribution >= 0.6 is 0 Å². The van der Waals surface area contributed by atoms with E-state index in [1.165, 1.54) is 24.0 Å². The van der Waals surface area contributed by atoms with Gasteiger partial charge in [0.2, 0.25) is 0 Å². The summed E-state index contributed by atoms with van der Waals surface area (Å²) in [5.41, 5.74) is 2.78. The van der Waals surface area contributed by atoms with Gasteiger partial charge in [0.15, 0.2) is 0 Å². The zero-order chi connectivity index (χ0) is 11.8. The van der Waals surface area contributed by atoms with Crippen molar-refractivity contribution < 1.29 is 0 Å². The van der Waals surface area contributed by atoms with E-state index in [1.807, 2.05) is 6.08 Å². The molecule has 0 heterocycles. The second kappa shape index (κ2) is 7.50. The quantitative estimate of drug-likeness (QED) is 0.528. The van der Waals surface area contributed by atoms with Crippen molar-refractivity contribution >= 4 is 0 Å². The molecule has 0 aromatic rings. The zero-order valence-corrected chi connectivity index (χ0v) is 11.0. The van der Waals surface area contributed by atoms with Crippen molar-refractivity contribution in [3.05, 3.63) is 36.0 Å². The Hall–Kier alpha value is -0.780. The summed E-state index contributed by atoms with van der Waals surface area (Å²) in [4.78, 5) is 0. The van der Waals surface area contributed by atoms with E-state index in [2.05, 4.69) is 53.3 Å². The maximum absolute atomic E-state index is 3.84. The standard InChI is InChI=1S/C15H26/c1-7-15(13(4)5)11-10-14(6)9-8-12(2)3/h7,10-13H,1,8-9H2,2-6H3/b14-10+,15-11+. The van der Waals surface area contributed by atoms with Crippen molar-refractivity contribution in [2.45, 2.75) is 47.5 Å². The lowest BCUT2D eigenvalue weighted by atomic mass is 10.0. The number of hydrogen-bond acceptors (Lipinski definition) is 0. The fourth-order valence-electron chi connectivity index (χ4n) is 1.33. The third-order valence-electron chi connectivity index (χ3n) is 2.58. The predicted molar refractivity (Wildman–Crippen MR) is 70.9 cm³/mol. The minimum Gasteiger partial charge on any atom is -0.0988 e. The van der Waals surface area contributed by atoms with Gasteiger partial charge < -0.3 is 0 Å². The maximum Gasteiger partial charge on any atom is -0.0219 e. The summed E-state index contributed by atoms with van der Waals surface area (Å²) in [5.74, 6) is 1.36. The molecule has 86 valence electrons. The van der Waals surface area contributed by atoms with Gasteiger partial charge in [-0.1, -0.05) is 58.1 Å². The lowest BCUT2D eigenvalue weighted by Gasteiger charge is -2.06. The molecule has 0 unspecified atom stereocenters. The van der Waals surface area contributed by atoms with Crippen LogP contribution in [0.1, 0.15) is 47.5 Å². The van der Waals surface area contributed by atoms with Crippen molar-refractivity contribution in [1.82, 2.24) is 0 Å². The Morgan fingerprint density at radius 2 is 1.73 bits per heavy atom.